The summed E-state index contributed by atoms with van der Waals surface area (Å²) >= 11 is 0. The fourth-order valence-electron chi connectivity index (χ4n) is 7.03. The van der Waals surface area contributed by atoms with Crippen LogP contribution in [0.3, 0.4) is 0 Å². The lowest BCUT2D eigenvalue weighted by Crippen LogP contribution is -2.11. The van der Waals surface area contributed by atoms with Crippen LogP contribution in [0, 0.1) is 6.92 Å². The van der Waals surface area contributed by atoms with Crippen molar-refractivity contribution >= 4 is 38.6 Å². The minimum absolute atomic E-state index is 1.14. The summed E-state index contributed by atoms with van der Waals surface area (Å²) in [6, 6.07) is 62.0. The van der Waals surface area contributed by atoms with Crippen LogP contribution in [-0.2, 0) is 0 Å². The van der Waals surface area contributed by atoms with E-state index in [4.69, 9.17) is 0 Å². The number of fused-ring (bicyclic) bond motifs is 6. The molecule has 1 aliphatic carbocycles. The van der Waals surface area contributed by atoms with E-state index in [9.17, 15) is 0 Å². The quantitative estimate of drug-likeness (QED) is 0.194. The summed E-state index contributed by atoms with van der Waals surface area (Å²) in [6.45, 7) is 2.20. The normalized spacial score (nSPS) is 11.6. The van der Waals surface area contributed by atoms with Crippen molar-refractivity contribution in [2.24, 2.45) is 0 Å². The van der Waals surface area contributed by atoms with Crippen LogP contribution in [0.25, 0.3) is 66.1 Å². The molecule has 0 saturated heterocycles. The molecule has 0 bridgehead atoms. The number of anilines is 3. The largest absolute Gasteiger partial charge is 0.310 e. The lowest BCUT2D eigenvalue weighted by atomic mass is 9.77. The molecule has 0 aromatic heterocycles. The topological polar surface area (TPSA) is 3.24 Å². The Morgan fingerprint density at radius 1 is 0.326 bits per heavy atom. The molecule has 0 unspecified atom stereocenters. The van der Waals surface area contributed by atoms with Gasteiger partial charge in [0.15, 0.2) is 0 Å². The van der Waals surface area contributed by atoms with Crippen molar-refractivity contribution < 1.29 is 0 Å². The first-order valence-corrected chi connectivity index (χ1v) is 15.9. The van der Waals surface area contributed by atoms with Gasteiger partial charge in [0.2, 0.25) is 0 Å². The molecular formula is C45H31N. The van der Waals surface area contributed by atoms with Gasteiger partial charge in [-0.3, -0.25) is 0 Å². The molecule has 216 valence electrons. The number of hydrogen-bond acceptors (Lipinski definition) is 1. The second kappa shape index (κ2) is 10.6. The number of nitrogens with zero attached hydrogens (tertiary/aromatic N) is 1. The number of rotatable bonds is 5. The van der Waals surface area contributed by atoms with Gasteiger partial charge in [-0.1, -0.05) is 109 Å². The summed E-state index contributed by atoms with van der Waals surface area (Å²) in [5.74, 6) is 0. The summed E-state index contributed by atoms with van der Waals surface area (Å²) < 4.78 is 0. The number of benzene rings is 8. The summed E-state index contributed by atoms with van der Waals surface area (Å²) in [5, 5.41) is 5.07. The maximum Gasteiger partial charge on any atom is 0.0496 e. The van der Waals surface area contributed by atoms with E-state index in [0.29, 0.717) is 0 Å². The maximum atomic E-state index is 2.40. The lowest BCUT2D eigenvalue weighted by Gasteiger charge is -2.29. The number of hydrogen-bond donors (Lipinski definition) is 0. The molecule has 0 heterocycles. The van der Waals surface area contributed by atoms with Crippen LogP contribution >= 0.6 is 0 Å². The van der Waals surface area contributed by atoms with Gasteiger partial charge in [-0.25, -0.2) is 0 Å². The molecule has 8 aromatic rings. The Hall–Kier alpha value is -5.92. The van der Waals surface area contributed by atoms with Gasteiger partial charge in [0.25, 0.3) is 0 Å². The van der Waals surface area contributed by atoms with E-state index < -0.39 is 0 Å². The van der Waals surface area contributed by atoms with Crippen molar-refractivity contribution in [3.05, 3.63) is 175 Å². The Labute approximate surface area is 269 Å². The van der Waals surface area contributed by atoms with E-state index in [1.807, 2.05) is 0 Å². The third kappa shape index (κ3) is 4.40. The zero-order valence-corrected chi connectivity index (χ0v) is 25.6. The molecule has 0 amide bonds. The smallest absolute Gasteiger partial charge is 0.0496 e. The van der Waals surface area contributed by atoms with Crippen molar-refractivity contribution in [3.8, 4) is 44.5 Å². The highest BCUT2D eigenvalue weighted by molar-refractivity contribution is 6.12. The number of aryl methyl sites for hydroxylation is 1. The summed E-state index contributed by atoms with van der Waals surface area (Å²) in [7, 11) is 0. The van der Waals surface area contributed by atoms with E-state index >= 15 is 0 Å². The predicted molar refractivity (Wildman–Crippen MR) is 196 cm³/mol. The van der Waals surface area contributed by atoms with Gasteiger partial charge in [-0.05, 0) is 139 Å². The Bertz CT molecular complexity index is 2410. The van der Waals surface area contributed by atoms with Crippen LogP contribution in [0.15, 0.2) is 170 Å². The van der Waals surface area contributed by atoms with Crippen LogP contribution < -0.4 is 4.90 Å². The minimum Gasteiger partial charge on any atom is -0.310 e. The zero-order chi connectivity index (χ0) is 30.6. The van der Waals surface area contributed by atoms with Gasteiger partial charge in [-0.2, -0.15) is 0 Å². The minimum atomic E-state index is 1.14. The first kappa shape index (κ1) is 26.5. The fourth-order valence-corrected chi connectivity index (χ4v) is 7.03. The molecule has 1 nitrogen and oxygen atoms in total. The summed E-state index contributed by atoms with van der Waals surface area (Å²) in [4.78, 5) is 2.40. The Balaban J connectivity index is 1.14. The molecular weight excluding hydrogens is 555 g/mol. The molecule has 0 spiro atoms. The highest BCUT2D eigenvalue weighted by Crippen LogP contribution is 2.51. The average molecular weight is 586 g/mol. The molecule has 0 saturated carbocycles. The first-order valence-electron chi connectivity index (χ1n) is 15.9. The fraction of sp³-hybridized carbons (Fsp3) is 0.0222. The monoisotopic (exact) mass is 585 g/mol. The lowest BCUT2D eigenvalue weighted by molar-refractivity contribution is 1.25. The average Bonchev–Trinajstić information content (AvgIpc) is 3.12. The molecule has 0 N–H and O–H groups in total. The van der Waals surface area contributed by atoms with E-state index in [1.165, 1.54) is 77.3 Å². The van der Waals surface area contributed by atoms with E-state index in [-0.39, 0.29) is 0 Å². The molecule has 8 aromatic carbocycles. The van der Waals surface area contributed by atoms with Gasteiger partial charge in [0, 0.05) is 17.1 Å². The Morgan fingerprint density at radius 3 is 1.41 bits per heavy atom. The molecule has 0 atom stereocenters. The van der Waals surface area contributed by atoms with Crippen molar-refractivity contribution in [3.63, 3.8) is 0 Å². The SMILES string of the molecule is Cc1ccc(-c2ccccc2)cc1N(c1ccccc1)c1ccc2cc3c(cc2c1)-c1cc2ccc(-c4ccccc4)cc2cc1-3. The van der Waals surface area contributed by atoms with Gasteiger partial charge >= 0.3 is 0 Å². The van der Waals surface area contributed by atoms with Crippen molar-refractivity contribution in [2.45, 2.75) is 6.92 Å². The molecule has 0 fully saturated rings. The molecule has 1 aliphatic rings. The second-order valence-electron chi connectivity index (χ2n) is 12.3. The maximum absolute atomic E-state index is 2.40. The van der Waals surface area contributed by atoms with Crippen LogP contribution in [0.2, 0.25) is 0 Å². The third-order valence-corrected chi connectivity index (χ3v) is 9.45. The van der Waals surface area contributed by atoms with E-state index in [0.717, 1.165) is 11.4 Å². The van der Waals surface area contributed by atoms with Crippen LogP contribution in [0.5, 0.6) is 0 Å². The number of para-hydroxylation sites is 1. The molecule has 9 rings (SSSR count). The van der Waals surface area contributed by atoms with Crippen LogP contribution in [0.1, 0.15) is 5.56 Å². The van der Waals surface area contributed by atoms with Gasteiger partial charge in [-0.15, -0.1) is 0 Å². The second-order valence-corrected chi connectivity index (χ2v) is 12.3. The highest BCUT2D eigenvalue weighted by Gasteiger charge is 2.24. The summed E-state index contributed by atoms with van der Waals surface area (Å²) in [5.41, 5.74) is 15.0. The third-order valence-electron chi connectivity index (χ3n) is 9.45. The molecule has 1 heteroatoms. The Kier molecular flexibility index (Phi) is 6.11. The van der Waals surface area contributed by atoms with E-state index in [2.05, 4.69) is 182 Å². The van der Waals surface area contributed by atoms with Crippen molar-refractivity contribution in [1.82, 2.24) is 0 Å². The van der Waals surface area contributed by atoms with Crippen molar-refractivity contribution in [1.29, 1.82) is 0 Å². The summed E-state index contributed by atoms with van der Waals surface area (Å²) in [6.07, 6.45) is 0. The van der Waals surface area contributed by atoms with E-state index in [1.54, 1.807) is 0 Å². The first-order chi connectivity index (χ1) is 22.7. The highest BCUT2D eigenvalue weighted by atomic mass is 15.1. The molecule has 0 radical (unpaired) electrons. The van der Waals surface area contributed by atoms with Gasteiger partial charge in [0.1, 0.15) is 0 Å². The van der Waals surface area contributed by atoms with Crippen LogP contribution in [0.4, 0.5) is 17.1 Å². The van der Waals surface area contributed by atoms with Gasteiger partial charge < -0.3 is 4.90 Å². The van der Waals surface area contributed by atoms with Crippen molar-refractivity contribution in [2.75, 3.05) is 4.90 Å². The molecule has 46 heavy (non-hydrogen) atoms. The Morgan fingerprint density at radius 2 is 0.804 bits per heavy atom. The standard InChI is InChI=1S/C45H31N/c1-30-17-18-36(32-13-7-3-8-14-32)29-45(30)46(39-15-9-4-10-16-39)40-22-21-35-26-42-43-27-37-23-33(31-11-5-2-6-12-31)19-20-34(37)25-41(43)44(42)28-38(35)24-40/h2-29H,1H3. The molecule has 0 aliphatic heterocycles. The zero-order valence-electron chi connectivity index (χ0n) is 25.6. The van der Waals surface area contributed by atoms with Gasteiger partial charge in [0.05, 0.1) is 0 Å². The van der Waals surface area contributed by atoms with Crippen LogP contribution in [-0.4, -0.2) is 0 Å². The predicted octanol–water partition coefficient (Wildman–Crippen LogP) is 12.8.